The fraction of sp³-hybridized carbons (Fsp3) is 0.367. The molecule has 4 rings (SSSR count). The van der Waals surface area contributed by atoms with Crippen molar-refractivity contribution in [3.05, 3.63) is 108 Å². The quantitative estimate of drug-likeness (QED) is 0.371. The molecule has 0 radical (unpaired) electrons. The molecule has 0 unspecified atom stereocenters. The maximum Gasteiger partial charge on any atom is 0.308 e. The molecule has 1 aliphatic rings. The van der Waals surface area contributed by atoms with Crippen molar-refractivity contribution in [1.82, 2.24) is 0 Å². The van der Waals surface area contributed by atoms with Crippen LogP contribution in [0.2, 0.25) is 0 Å². The van der Waals surface area contributed by atoms with Crippen LogP contribution in [0.15, 0.2) is 91.0 Å². The monoisotopic (exact) mass is 506 g/mol. The van der Waals surface area contributed by atoms with Crippen molar-refractivity contribution in [2.24, 2.45) is 0 Å². The van der Waals surface area contributed by atoms with E-state index >= 15 is 0 Å². The van der Waals surface area contributed by atoms with Gasteiger partial charge >= 0.3 is 5.97 Å². The van der Waals surface area contributed by atoms with Gasteiger partial charge in [-0.3, -0.25) is 4.79 Å². The fourth-order valence-corrected chi connectivity index (χ4v) is 4.35. The van der Waals surface area contributed by atoms with Crippen LogP contribution in [0.25, 0.3) is 0 Å². The van der Waals surface area contributed by atoms with E-state index in [1.807, 2.05) is 91.0 Å². The minimum Gasteiger partial charge on any atom is -0.469 e. The molecule has 1 aliphatic heterocycles. The lowest BCUT2D eigenvalue weighted by atomic mass is 9.93. The topological polar surface area (TPSA) is 83.5 Å². The molecule has 0 amide bonds. The maximum atomic E-state index is 12.1. The summed E-state index contributed by atoms with van der Waals surface area (Å²) >= 11 is 0. The van der Waals surface area contributed by atoms with E-state index in [0.717, 1.165) is 16.7 Å². The molecular weight excluding hydrogens is 472 g/mol. The first-order chi connectivity index (χ1) is 18.1. The standard InChI is InChI=1S/C30H34O7/c1-33-27(31)17-25-28(32)30(36-20-24-15-9-4-10-16-24)29(35-19-23-13-7-3-8-14-23)26(37-25)21-34-18-22-11-5-2-6-12-22/h2-16,25-26,28-30,32H,17-21H2,1H3/t25-,26+,28-,29+,30+/m0/s1. The average Bonchev–Trinajstić information content (AvgIpc) is 2.94. The van der Waals surface area contributed by atoms with Crippen molar-refractivity contribution >= 4 is 5.97 Å². The van der Waals surface area contributed by atoms with Gasteiger partial charge in [-0.05, 0) is 16.7 Å². The average molecular weight is 507 g/mol. The molecule has 3 aromatic carbocycles. The third kappa shape index (κ3) is 7.95. The molecular formula is C30H34O7. The summed E-state index contributed by atoms with van der Waals surface area (Å²) in [5, 5.41) is 11.3. The molecule has 7 heteroatoms. The number of ether oxygens (including phenoxy) is 5. The summed E-state index contributed by atoms with van der Waals surface area (Å²) in [4.78, 5) is 12.1. The van der Waals surface area contributed by atoms with Gasteiger partial charge in [-0.2, -0.15) is 0 Å². The van der Waals surface area contributed by atoms with Crippen molar-refractivity contribution in [2.75, 3.05) is 13.7 Å². The van der Waals surface area contributed by atoms with E-state index in [1.165, 1.54) is 7.11 Å². The van der Waals surface area contributed by atoms with Gasteiger partial charge in [0.1, 0.15) is 24.4 Å². The molecule has 7 nitrogen and oxygen atoms in total. The lowest BCUT2D eigenvalue weighted by Gasteiger charge is -2.44. The van der Waals surface area contributed by atoms with E-state index < -0.39 is 36.5 Å². The fourth-order valence-electron chi connectivity index (χ4n) is 4.35. The van der Waals surface area contributed by atoms with Crippen LogP contribution in [0, 0.1) is 0 Å². The smallest absolute Gasteiger partial charge is 0.308 e. The van der Waals surface area contributed by atoms with Gasteiger partial charge < -0.3 is 28.8 Å². The molecule has 196 valence electrons. The molecule has 0 bridgehead atoms. The Morgan fingerprint density at radius 3 is 1.73 bits per heavy atom. The maximum absolute atomic E-state index is 12.1. The number of aliphatic hydroxyl groups is 1. The number of hydrogen-bond acceptors (Lipinski definition) is 7. The molecule has 0 saturated carbocycles. The number of rotatable bonds is 12. The second kappa shape index (κ2) is 14.0. The molecule has 1 saturated heterocycles. The van der Waals surface area contributed by atoms with Crippen molar-refractivity contribution in [2.45, 2.75) is 56.8 Å². The molecule has 1 N–H and O–H groups in total. The lowest BCUT2D eigenvalue weighted by molar-refractivity contribution is -0.262. The minimum absolute atomic E-state index is 0.108. The van der Waals surface area contributed by atoms with E-state index in [0.29, 0.717) is 13.2 Å². The Labute approximate surface area is 217 Å². The predicted molar refractivity (Wildman–Crippen MR) is 137 cm³/mol. The second-order valence-corrected chi connectivity index (χ2v) is 9.01. The molecule has 37 heavy (non-hydrogen) atoms. The summed E-state index contributed by atoms with van der Waals surface area (Å²) in [5.41, 5.74) is 2.98. The molecule has 0 spiro atoms. The van der Waals surface area contributed by atoms with E-state index in [1.54, 1.807) is 0 Å². The van der Waals surface area contributed by atoms with Crippen LogP contribution in [0.3, 0.4) is 0 Å². The van der Waals surface area contributed by atoms with Gasteiger partial charge in [0.2, 0.25) is 0 Å². The number of esters is 1. The molecule has 0 aliphatic carbocycles. The van der Waals surface area contributed by atoms with Crippen LogP contribution in [-0.4, -0.2) is 55.3 Å². The van der Waals surface area contributed by atoms with Gasteiger partial charge in [0.25, 0.3) is 0 Å². The van der Waals surface area contributed by atoms with Crippen molar-refractivity contribution in [3.8, 4) is 0 Å². The zero-order chi connectivity index (χ0) is 25.9. The number of methoxy groups -OCH3 is 1. The number of hydrogen-bond donors (Lipinski definition) is 1. The zero-order valence-corrected chi connectivity index (χ0v) is 21.0. The predicted octanol–water partition coefficient (Wildman–Crippen LogP) is 4.07. The van der Waals surface area contributed by atoms with Crippen LogP contribution in [0.4, 0.5) is 0 Å². The van der Waals surface area contributed by atoms with E-state index in [2.05, 4.69) is 0 Å². The van der Waals surface area contributed by atoms with Gasteiger partial charge in [0.05, 0.1) is 46.1 Å². The highest BCUT2D eigenvalue weighted by Crippen LogP contribution is 2.30. The van der Waals surface area contributed by atoms with Gasteiger partial charge in [0.15, 0.2) is 0 Å². The van der Waals surface area contributed by atoms with Gasteiger partial charge in [-0.25, -0.2) is 0 Å². The first-order valence-electron chi connectivity index (χ1n) is 12.5. The van der Waals surface area contributed by atoms with Crippen LogP contribution in [-0.2, 0) is 48.3 Å². The van der Waals surface area contributed by atoms with Crippen molar-refractivity contribution in [1.29, 1.82) is 0 Å². The first-order valence-corrected chi connectivity index (χ1v) is 12.5. The summed E-state index contributed by atoms with van der Waals surface area (Å²) in [6.45, 7) is 1.18. The number of aliphatic hydroxyl groups excluding tert-OH is 1. The number of benzene rings is 3. The molecule has 1 heterocycles. The summed E-state index contributed by atoms with van der Waals surface area (Å²) in [6, 6.07) is 29.3. The summed E-state index contributed by atoms with van der Waals surface area (Å²) in [5.74, 6) is -0.474. The minimum atomic E-state index is -1.10. The lowest BCUT2D eigenvalue weighted by Crippen LogP contribution is -2.60. The molecule has 3 aromatic rings. The highest BCUT2D eigenvalue weighted by Gasteiger charge is 2.47. The first kappa shape index (κ1) is 27.0. The molecule has 0 aromatic heterocycles. The SMILES string of the molecule is COC(=O)C[C@@H]1O[C@H](COCc2ccccc2)[C@@H](OCc2ccccc2)[C@H](OCc2ccccc2)[C@H]1O. The third-order valence-corrected chi connectivity index (χ3v) is 6.32. The van der Waals surface area contributed by atoms with Crippen LogP contribution in [0.5, 0.6) is 0 Å². The van der Waals surface area contributed by atoms with E-state index in [4.69, 9.17) is 23.7 Å². The Balaban J connectivity index is 1.53. The Morgan fingerprint density at radius 2 is 1.22 bits per heavy atom. The highest BCUT2D eigenvalue weighted by atomic mass is 16.6. The number of carbonyl (C=O) groups excluding carboxylic acids is 1. The molecule has 1 fully saturated rings. The highest BCUT2D eigenvalue weighted by molar-refractivity contribution is 5.69. The zero-order valence-electron chi connectivity index (χ0n) is 21.0. The Bertz CT molecular complexity index is 1060. The van der Waals surface area contributed by atoms with E-state index in [-0.39, 0.29) is 19.6 Å². The number of carbonyl (C=O) groups is 1. The van der Waals surface area contributed by atoms with Crippen LogP contribution < -0.4 is 0 Å². The van der Waals surface area contributed by atoms with Crippen molar-refractivity contribution < 1.29 is 33.6 Å². The summed E-state index contributed by atoms with van der Waals surface area (Å²) < 4.78 is 29.6. The van der Waals surface area contributed by atoms with Crippen molar-refractivity contribution in [3.63, 3.8) is 0 Å². The normalized spacial score (nSPS) is 23.5. The summed E-state index contributed by atoms with van der Waals surface area (Å²) in [6.07, 6.45) is -4.00. The van der Waals surface area contributed by atoms with E-state index in [9.17, 15) is 9.90 Å². The van der Waals surface area contributed by atoms with Gasteiger partial charge in [0, 0.05) is 0 Å². The van der Waals surface area contributed by atoms with Crippen LogP contribution in [0.1, 0.15) is 23.1 Å². The third-order valence-electron chi connectivity index (χ3n) is 6.32. The van der Waals surface area contributed by atoms with Gasteiger partial charge in [-0.1, -0.05) is 91.0 Å². The van der Waals surface area contributed by atoms with Gasteiger partial charge in [-0.15, -0.1) is 0 Å². The Morgan fingerprint density at radius 1 is 0.730 bits per heavy atom. The summed E-state index contributed by atoms with van der Waals surface area (Å²) in [7, 11) is 1.31. The Kier molecular flexibility index (Phi) is 10.2. The largest absolute Gasteiger partial charge is 0.469 e. The molecule has 5 atom stereocenters. The second-order valence-electron chi connectivity index (χ2n) is 9.01. The van der Waals surface area contributed by atoms with Crippen LogP contribution >= 0.6 is 0 Å². The Hall–Kier alpha value is -3.07.